The van der Waals surface area contributed by atoms with Crippen LogP contribution in [0.4, 0.5) is 11.6 Å². The summed E-state index contributed by atoms with van der Waals surface area (Å²) in [6, 6.07) is 13.6. The Morgan fingerprint density at radius 1 is 1.07 bits per heavy atom. The number of hydrogen-bond acceptors (Lipinski definition) is 4. The first kappa shape index (κ1) is 23.5. The van der Waals surface area contributed by atoms with Gasteiger partial charge >= 0.3 is 5.95 Å². The van der Waals surface area contributed by atoms with E-state index in [1.54, 1.807) is 0 Å². The number of aromatic nitrogens is 2. The van der Waals surface area contributed by atoms with Gasteiger partial charge in [0.2, 0.25) is 0 Å². The zero-order valence-corrected chi connectivity index (χ0v) is 18.7. The van der Waals surface area contributed by atoms with Gasteiger partial charge in [0.05, 0.1) is 11.5 Å². The number of anilines is 1. The molecule has 0 aliphatic rings. The number of benzene rings is 2. The van der Waals surface area contributed by atoms with Crippen LogP contribution in [0.3, 0.4) is 0 Å². The second-order valence-corrected chi connectivity index (χ2v) is 7.23. The summed E-state index contributed by atoms with van der Waals surface area (Å²) in [4.78, 5) is 23.1. The van der Waals surface area contributed by atoms with Crippen LogP contribution in [0, 0.1) is 10.1 Å². The Balaban J connectivity index is 0.00000320. The molecule has 0 bridgehead atoms. The third-order valence-electron chi connectivity index (χ3n) is 5.20. The molecule has 0 spiro atoms. The summed E-state index contributed by atoms with van der Waals surface area (Å²) in [5.41, 5.74) is 8.75. The molecule has 7 nitrogen and oxygen atoms in total. The number of non-ortho nitro benzene ring substituents is 1. The number of hydrogen-bond donors (Lipinski definition) is 1. The Morgan fingerprint density at radius 3 is 2.40 bits per heavy atom. The Bertz CT molecular complexity index is 1020. The topological polar surface area (TPSA) is 95.0 Å². The Labute approximate surface area is 186 Å². The molecule has 3 rings (SSSR count). The number of halogens is 1. The Hall–Kier alpha value is -2.74. The predicted octanol–water partition coefficient (Wildman–Crippen LogP) is 1.28. The van der Waals surface area contributed by atoms with Crippen molar-refractivity contribution < 1.29 is 31.3 Å². The molecule has 1 aromatic heterocycles. The third kappa shape index (κ3) is 5.24. The lowest BCUT2D eigenvalue weighted by atomic mass is 10.1. The van der Waals surface area contributed by atoms with E-state index in [-0.39, 0.29) is 35.0 Å². The highest BCUT2D eigenvalue weighted by Gasteiger charge is 2.23. The van der Waals surface area contributed by atoms with Crippen LogP contribution in [0.5, 0.6) is 0 Å². The maximum Gasteiger partial charge on any atom is 0.356 e. The van der Waals surface area contributed by atoms with Crippen molar-refractivity contribution in [3.8, 4) is 0 Å². The molecule has 0 radical (unpaired) electrons. The number of nitrogens with two attached hydrogens (primary N) is 1. The summed E-state index contributed by atoms with van der Waals surface area (Å²) in [7, 11) is 0. The summed E-state index contributed by atoms with van der Waals surface area (Å²) in [5, 5.41) is 10.8. The van der Waals surface area contributed by atoms with Crippen molar-refractivity contribution in [1.82, 2.24) is 4.57 Å². The number of imidazole rings is 1. The molecule has 0 unspecified atom stereocenters. The van der Waals surface area contributed by atoms with Gasteiger partial charge in [-0.15, -0.1) is 0 Å². The number of nitro groups is 1. The number of carbonyl (C=O) groups is 1. The lowest BCUT2D eigenvalue weighted by Gasteiger charge is -2.03. The summed E-state index contributed by atoms with van der Waals surface area (Å²) in [5.74, 6) is 0.416. The number of nitrogens with zero attached hydrogens (tertiary/aromatic N) is 3. The number of Topliss-reactive ketones (excluding diaryl/α,β-unsaturated/α-hetero) is 1. The molecule has 3 aromatic rings. The zero-order valence-electron chi connectivity index (χ0n) is 17.1. The van der Waals surface area contributed by atoms with Gasteiger partial charge in [-0.3, -0.25) is 20.6 Å². The molecule has 0 atom stereocenters. The van der Waals surface area contributed by atoms with Crippen molar-refractivity contribution in [2.75, 3.05) is 5.73 Å². The number of nitrogen functional groups attached to an aromatic ring is 1. The molecule has 0 fully saturated rings. The number of rotatable bonds is 10. The number of ketones is 1. The van der Waals surface area contributed by atoms with E-state index >= 15 is 0 Å². The molecule has 0 amide bonds. The van der Waals surface area contributed by atoms with Crippen LogP contribution in [0.2, 0.25) is 0 Å². The first-order chi connectivity index (χ1) is 14.0. The fourth-order valence-electron chi connectivity index (χ4n) is 3.59. The van der Waals surface area contributed by atoms with Crippen LogP contribution in [0.25, 0.3) is 11.0 Å². The quantitative estimate of drug-likeness (QED) is 0.157. The summed E-state index contributed by atoms with van der Waals surface area (Å²) < 4.78 is 3.90. The monoisotopic (exact) mass is 474 g/mol. The Morgan fingerprint density at radius 2 is 1.73 bits per heavy atom. The van der Waals surface area contributed by atoms with E-state index in [0.717, 1.165) is 30.4 Å². The molecule has 160 valence electrons. The van der Waals surface area contributed by atoms with E-state index in [4.69, 9.17) is 5.73 Å². The summed E-state index contributed by atoms with van der Waals surface area (Å²) >= 11 is 0. The molecule has 2 aromatic carbocycles. The third-order valence-corrected chi connectivity index (χ3v) is 5.20. The average Bonchev–Trinajstić information content (AvgIpc) is 2.99. The number of nitro benzene ring substituents is 1. The van der Waals surface area contributed by atoms with Gasteiger partial charge in [0.25, 0.3) is 5.69 Å². The second kappa shape index (κ2) is 10.9. The minimum absolute atomic E-state index is 0. The van der Waals surface area contributed by atoms with Gasteiger partial charge in [-0.05, 0) is 30.7 Å². The normalized spacial score (nSPS) is 10.7. The van der Waals surface area contributed by atoms with Crippen LogP contribution in [-0.4, -0.2) is 15.3 Å². The molecule has 2 N–H and O–H groups in total. The molecule has 0 saturated carbocycles. The molecule has 30 heavy (non-hydrogen) atoms. The van der Waals surface area contributed by atoms with E-state index in [1.165, 1.54) is 43.5 Å². The first-order valence-electron chi connectivity index (χ1n) is 10.1. The van der Waals surface area contributed by atoms with Gasteiger partial charge in [-0.1, -0.05) is 44.7 Å². The van der Waals surface area contributed by atoms with Crippen molar-refractivity contribution >= 4 is 28.5 Å². The largest absolute Gasteiger partial charge is 1.00 e. The number of fused-ring (bicyclic) bond motifs is 1. The fraction of sp³-hybridized carbons (Fsp3) is 0.364. The standard InChI is InChI=1S/C22H26N4O3.BrH/c1-2-3-4-5-8-15-24-19-9-6-7-10-20(19)25(22(24)23)16-21(27)17-11-13-18(14-12-17)26(28)29;/h6-7,9-14,23H,2-5,8,15-16H2,1H3;1H. The van der Waals surface area contributed by atoms with Crippen LogP contribution >= 0.6 is 0 Å². The van der Waals surface area contributed by atoms with Gasteiger partial charge < -0.3 is 17.0 Å². The highest BCUT2D eigenvalue weighted by molar-refractivity contribution is 5.95. The molecule has 0 saturated heterocycles. The van der Waals surface area contributed by atoms with E-state index in [1.807, 2.05) is 28.8 Å². The van der Waals surface area contributed by atoms with Crippen LogP contribution < -0.4 is 27.3 Å². The molecule has 8 heteroatoms. The van der Waals surface area contributed by atoms with E-state index < -0.39 is 4.92 Å². The SMILES string of the molecule is CCCCCCCn1c(N)[n+](CC(=O)c2ccc([N+](=O)[O-])cc2)c2ccccc21.[Br-]. The highest BCUT2D eigenvalue weighted by Crippen LogP contribution is 2.18. The van der Waals surface area contributed by atoms with Gasteiger partial charge in [-0.25, -0.2) is 9.13 Å². The number of para-hydroxylation sites is 2. The summed E-state index contributed by atoms with van der Waals surface area (Å²) in [6.45, 7) is 3.10. The smallest absolute Gasteiger partial charge is 0.356 e. The molecule has 1 heterocycles. The van der Waals surface area contributed by atoms with Crippen molar-refractivity contribution in [3.63, 3.8) is 0 Å². The average molecular weight is 475 g/mol. The van der Waals surface area contributed by atoms with Gasteiger partial charge in [-0.2, -0.15) is 0 Å². The molecule has 0 aliphatic heterocycles. The lowest BCUT2D eigenvalue weighted by Crippen LogP contribution is -3.00. The number of aryl methyl sites for hydroxylation is 1. The first-order valence-corrected chi connectivity index (χ1v) is 10.1. The number of unbranched alkanes of at least 4 members (excludes halogenated alkanes) is 4. The predicted molar refractivity (Wildman–Crippen MR) is 113 cm³/mol. The Kier molecular flexibility index (Phi) is 8.53. The van der Waals surface area contributed by atoms with E-state index in [0.29, 0.717) is 11.5 Å². The van der Waals surface area contributed by atoms with Crippen molar-refractivity contribution in [1.29, 1.82) is 0 Å². The fourth-order valence-corrected chi connectivity index (χ4v) is 3.59. The van der Waals surface area contributed by atoms with Crippen molar-refractivity contribution in [3.05, 3.63) is 64.2 Å². The van der Waals surface area contributed by atoms with Crippen LogP contribution in [0.1, 0.15) is 49.4 Å². The molecular formula is C22H27BrN4O3. The lowest BCUT2D eigenvalue weighted by molar-refractivity contribution is -0.642. The maximum atomic E-state index is 12.8. The zero-order chi connectivity index (χ0) is 20.8. The van der Waals surface area contributed by atoms with Gasteiger partial charge in [0.15, 0.2) is 5.78 Å². The highest BCUT2D eigenvalue weighted by atomic mass is 79.9. The van der Waals surface area contributed by atoms with Crippen LogP contribution in [0.15, 0.2) is 48.5 Å². The van der Waals surface area contributed by atoms with Crippen LogP contribution in [-0.2, 0) is 13.1 Å². The van der Waals surface area contributed by atoms with E-state index in [9.17, 15) is 14.9 Å². The summed E-state index contributed by atoms with van der Waals surface area (Å²) in [6.07, 6.45) is 5.86. The second-order valence-electron chi connectivity index (χ2n) is 7.23. The maximum absolute atomic E-state index is 12.8. The molecular weight excluding hydrogens is 448 g/mol. The number of carbonyl (C=O) groups excluding carboxylic acids is 1. The van der Waals surface area contributed by atoms with Gasteiger partial charge in [0.1, 0.15) is 17.6 Å². The minimum atomic E-state index is -0.477. The van der Waals surface area contributed by atoms with Crippen molar-refractivity contribution in [2.45, 2.75) is 52.1 Å². The van der Waals surface area contributed by atoms with E-state index in [2.05, 4.69) is 11.5 Å². The van der Waals surface area contributed by atoms with Crippen molar-refractivity contribution in [2.24, 2.45) is 0 Å². The molecule has 0 aliphatic carbocycles. The minimum Gasteiger partial charge on any atom is -1.00 e. The van der Waals surface area contributed by atoms with Gasteiger partial charge in [0, 0.05) is 17.7 Å².